The molecule has 3 nitrogen and oxygen atoms in total. The zero-order valence-corrected chi connectivity index (χ0v) is 14.0. The smallest absolute Gasteiger partial charge is 0.261 e. The second kappa shape index (κ2) is 6.63. The van der Waals surface area contributed by atoms with E-state index in [1.165, 1.54) is 6.07 Å². The number of anilines is 1. The van der Waals surface area contributed by atoms with E-state index in [-0.39, 0.29) is 9.92 Å². The van der Waals surface area contributed by atoms with Crippen molar-refractivity contribution in [3.63, 3.8) is 0 Å². The topological polar surface area (TPSA) is 46.2 Å². The third kappa shape index (κ3) is 3.42. The van der Waals surface area contributed by atoms with Crippen molar-refractivity contribution in [3.05, 3.63) is 83.6 Å². The quantitative estimate of drug-likeness (QED) is 0.714. The van der Waals surface area contributed by atoms with Crippen molar-refractivity contribution in [2.24, 2.45) is 0 Å². The van der Waals surface area contributed by atoms with Gasteiger partial charge in [0.2, 0.25) is 0 Å². The molecule has 0 aliphatic rings. The fraction of sp³-hybridized carbons (Fsp3) is 0. The maximum absolute atomic E-state index is 13.3. The van der Waals surface area contributed by atoms with E-state index in [0.29, 0.717) is 5.69 Å². The first-order valence-corrected chi connectivity index (χ1v) is 8.96. The van der Waals surface area contributed by atoms with Gasteiger partial charge in [0.1, 0.15) is 5.82 Å². The van der Waals surface area contributed by atoms with Crippen LogP contribution in [0, 0.1) is 5.82 Å². The fourth-order valence-corrected chi connectivity index (χ4v) is 3.64. The minimum Gasteiger partial charge on any atom is -0.279 e. The summed E-state index contributed by atoms with van der Waals surface area (Å²) in [4.78, 5) is -0.100. The van der Waals surface area contributed by atoms with Crippen LogP contribution in [0.4, 0.5) is 10.1 Å². The highest BCUT2D eigenvalue weighted by Crippen LogP contribution is 2.30. The molecule has 0 saturated carbocycles. The van der Waals surface area contributed by atoms with Crippen LogP contribution in [0.5, 0.6) is 0 Å². The molecule has 3 aromatic rings. The van der Waals surface area contributed by atoms with E-state index in [1.54, 1.807) is 12.1 Å². The molecule has 0 bridgehead atoms. The Kier molecular flexibility index (Phi) is 4.55. The summed E-state index contributed by atoms with van der Waals surface area (Å²) in [7, 11) is -3.88. The molecule has 0 aliphatic heterocycles. The Morgan fingerprint density at radius 2 is 1.54 bits per heavy atom. The average molecular weight is 362 g/mol. The lowest BCUT2D eigenvalue weighted by Gasteiger charge is -2.13. The second-order valence-electron chi connectivity index (χ2n) is 5.09. The first-order chi connectivity index (χ1) is 11.5. The highest BCUT2D eigenvalue weighted by atomic mass is 35.5. The molecule has 1 N–H and O–H groups in total. The van der Waals surface area contributed by atoms with Crippen molar-refractivity contribution in [1.82, 2.24) is 0 Å². The molecular formula is C18H13ClFNO2S. The van der Waals surface area contributed by atoms with Crippen LogP contribution in [-0.4, -0.2) is 8.42 Å². The van der Waals surface area contributed by atoms with Gasteiger partial charge in [0, 0.05) is 5.56 Å². The predicted octanol–water partition coefficient (Wildman–Crippen LogP) is 4.95. The molecule has 3 rings (SSSR count). The number of hydrogen-bond acceptors (Lipinski definition) is 2. The lowest BCUT2D eigenvalue weighted by atomic mass is 10.0. The van der Waals surface area contributed by atoms with Crippen molar-refractivity contribution in [2.75, 3.05) is 4.72 Å². The summed E-state index contributed by atoms with van der Waals surface area (Å²) < 4.78 is 40.9. The van der Waals surface area contributed by atoms with Crippen LogP contribution < -0.4 is 4.72 Å². The van der Waals surface area contributed by atoms with Gasteiger partial charge in [-0.15, -0.1) is 0 Å². The third-order valence-corrected chi connectivity index (χ3v) is 5.11. The molecule has 122 valence electrons. The third-order valence-electron chi connectivity index (χ3n) is 3.46. The SMILES string of the molecule is O=S(=O)(Nc1ccccc1-c1ccccc1)c1ccc(F)c(Cl)c1. The summed E-state index contributed by atoms with van der Waals surface area (Å²) in [5.41, 5.74) is 2.06. The van der Waals surface area contributed by atoms with Crippen LogP contribution in [0.1, 0.15) is 0 Å². The van der Waals surface area contributed by atoms with Crippen LogP contribution in [0.3, 0.4) is 0 Å². The fourth-order valence-electron chi connectivity index (χ4n) is 2.29. The van der Waals surface area contributed by atoms with Crippen molar-refractivity contribution in [3.8, 4) is 11.1 Å². The van der Waals surface area contributed by atoms with Crippen molar-refractivity contribution in [1.29, 1.82) is 0 Å². The summed E-state index contributed by atoms with van der Waals surface area (Å²) in [6.45, 7) is 0. The van der Waals surface area contributed by atoms with Crippen molar-refractivity contribution in [2.45, 2.75) is 4.90 Å². The first-order valence-electron chi connectivity index (χ1n) is 7.10. The van der Waals surface area contributed by atoms with Gasteiger partial charge in [-0.25, -0.2) is 12.8 Å². The largest absolute Gasteiger partial charge is 0.279 e. The van der Waals surface area contributed by atoms with Crippen molar-refractivity contribution >= 4 is 27.3 Å². The van der Waals surface area contributed by atoms with E-state index in [0.717, 1.165) is 23.3 Å². The summed E-state index contributed by atoms with van der Waals surface area (Å²) >= 11 is 5.68. The minimum atomic E-state index is -3.88. The molecule has 0 heterocycles. The van der Waals surface area contributed by atoms with E-state index in [4.69, 9.17) is 11.6 Å². The lowest BCUT2D eigenvalue weighted by molar-refractivity contribution is 0.599. The zero-order chi connectivity index (χ0) is 17.2. The van der Waals surface area contributed by atoms with Crippen molar-refractivity contribution < 1.29 is 12.8 Å². The minimum absolute atomic E-state index is 0.100. The number of hydrogen-bond donors (Lipinski definition) is 1. The lowest BCUT2D eigenvalue weighted by Crippen LogP contribution is -2.13. The number of nitrogens with one attached hydrogen (secondary N) is 1. The molecule has 0 atom stereocenters. The van der Waals surface area contributed by atoms with Gasteiger partial charge in [-0.3, -0.25) is 4.72 Å². The van der Waals surface area contributed by atoms with E-state index >= 15 is 0 Å². The molecule has 24 heavy (non-hydrogen) atoms. The van der Waals surface area contributed by atoms with Crippen LogP contribution in [-0.2, 0) is 10.0 Å². The number of halogens is 2. The van der Waals surface area contributed by atoms with Gasteiger partial charge >= 0.3 is 0 Å². The van der Waals surface area contributed by atoms with Crippen LogP contribution in [0.15, 0.2) is 77.7 Å². The Bertz CT molecular complexity index is 975. The molecule has 0 amide bonds. The molecule has 0 saturated heterocycles. The van der Waals surface area contributed by atoms with Gasteiger partial charge in [-0.05, 0) is 29.8 Å². The second-order valence-corrected chi connectivity index (χ2v) is 7.18. The molecule has 0 aliphatic carbocycles. The van der Waals surface area contributed by atoms with Gasteiger partial charge in [0.15, 0.2) is 0 Å². The molecule has 0 fully saturated rings. The van der Waals surface area contributed by atoms with Gasteiger partial charge < -0.3 is 0 Å². The van der Waals surface area contributed by atoms with Gasteiger partial charge in [-0.1, -0.05) is 60.1 Å². The Morgan fingerprint density at radius 3 is 2.25 bits per heavy atom. The van der Waals surface area contributed by atoms with Crippen LogP contribution in [0.25, 0.3) is 11.1 Å². The Balaban J connectivity index is 2.01. The molecule has 0 aromatic heterocycles. The molecule has 0 unspecified atom stereocenters. The van der Waals surface area contributed by atoms with E-state index in [1.807, 2.05) is 42.5 Å². The summed E-state index contributed by atoms with van der Waals surface area (Å²) in [5.74, 6) is -0.666. The average Bonchev–Trinajstić information content (AvgIpc) is 2.58. The molecule has 3 aromatic carbocycles. The standard InChI is InChI=1S/C18H13ClFNO2S/c19-16-12-14(10-11-17(16)20)24(22,23)21-18-9-5-4-8-15(18)13-6-2-1-3-7-13/h1-12,21H. The summed E-state index contributed by atoms with van der Waals surface area (Å²) in [6, 6.07) is 19.8. The van der Waals surface area contributed by atoms with E-state index < -0.39 is 15.8 Å². The van der Waals surface area contributed by atoms with Gasteiger partial charge in [0.05, 0.1) is 15.6 Å². The molecule has 0 radical (unpaired) electrons. The Hall–Kier alpha value is -2.37. The van der Waals surface area contributed by atoms with Crippen LogP contribution in [0.2, 0.25) is 5.02 Å². The van der Waals surface area contributed by atoms with E-state index in [2.05, 4.69) is 4.72 Å². The number of benzene rings is 3. The monoisotopic (exact) mass is 361 g/mol. The van der Waals surface area contributed by atoms with Gasteiger partial charge in [0.25, 0.3) is 10.0 Å². The van der Waals surface area contributed by atoms with Crippen LogP contribution >= 0.6 is 11.6 Å². The predicted molar refractivity (Wildman–Crippen MR) is 94.1 cm³/mol. The summed E-state index contributed by atoms with van der Waals surface area (Å²) in [5, 5.41) is -0.241. The normalized spacial score (nSPS) is 11.2. The maximum Gasteiger partial charge on any atom is 0.261 e. The summed E-state index contributed by atoms with van der Waals surface area (Å²) in [6.07, 6.45) is 0. The molecular weight excluding hydrogens is 349 g/mol. The molecule has 6 heteroatoms. The van der Waals surface area contributed by atoms with Gasteiger partial charge in [-0.2, -0.15) is 0 Å². The Morgan fingerprint density at radius 1 is 0.875 bits per heavy atom. The number of sulfonamides is 1. The zero-order valence-electron chi connectivity index (χ0n) is 12.4. The maximum atomic E-state index is 13.3. The highest BCUT2D eigenvalue weighted by Gasteiger charge is 2.18. The number of rotatable bonds is 4. The number of para-hydroxylation sites is 1. The first kappa shape index (κ1) is 16.5. The molecule has 0 spiro atoms. The van der Waals surface area contributed by atoms with E-state index in [9.17, 15) is 12.8 Å². The highest BCUT2D eigenvalue weighted by molar-refractivity contribution is 7.92. The Labute approximate surface area is 144 Å².